The molecule has 1 aliphatic heterocycles. The molecule has 0 spiro atoms. The van der Waals surface area contributed by atoms with E-state index in [-0.39, 0.29) is 5.91 Å². The fourth-order valence-corrected chi connectivity index (χ4v) is 2.82. The largest absolute Gasteiger partial charge is 0.341 e. The summed E-state index contributed by atoms with van der Waals surface area (Å²) in [7, 11) is 0. The van der Waals surface area contributed by atoms with Crippen LogP contribution in [-0.4, -0.2) is 29.0 Å². The molecule has 23 heavy (non-hydrogen) atoms. The van der Waals surface area contributed by atoms with Crippen molar-refractivity contribution in [1.29, 1.82) is 0 Å². The van der Waals surface area contributed by atoms with Crippen molar-refractivity contribution in [1.82, 2.24) is 9.97 Å². The molecule has 0 radical (unpaired) electrons. The number of benzene rings is 1. The molecule has 1 saturated heterocycles. The number of anilines is 2. The molecule has 0 aliphatic carbocycles. The number of hydrogen-bond acceptors (Lipinski definition) is 4. The molecule has 0 unspecified atom stereocenters. The molecule has 2 heterocycles. The number of nitrogens with one attached hydrogen (secondary N) is 1. The first kappa shape index (κ1) is 16.0. The van der Waals surface area contributed by atoms with Gasteiger partial charge in [0.25, 0.3) is 5.91 Å². The van der Waals surface area contributed by atoms with Gasteiger partial charge in [0.2, 0.25) is 5.95 Å². The van der Waals surface area contributed by atoms with Crippen molar-refractivity contribution in [2.24, 2.45) is 0 Å². The van der Waals surface area contributed by atoms with Crippen molar-refractivity contribution in [2.45, 2.75) is 19.8 Å². The van der Waals surface area contributed by atoms with Gasteiger partial charge in [0, 0.05) is 25.0 Å². The van der Waals surface area contributed by atoms with Gasteiger partial charge in [-0.25, -0.2) is 9.97 Å². The van der Waals surface area contributed by atoms with Gasteiger partial charge in [-0.2, -0.15) is 0 Å². The first-order valence-electron chi connectivity index (χ1n) is 7.39. The third kappa shape index (κ3) is 3.57. The van der Waals surface area contributed by atoms with Crippen LogP contribution < -0.4 is 10.2 Å². The number of aromatic nitrogens is 2. The Morgan fingerprint density at radius 3 is 2.61 bits per heavy atom. The highest BCUT2D eigenvalue weighted by molar-refractivity contribution is 6.42. The lowest BCUT2D eigenvalue weighted by Gasteiger charge is -2.16. The van der Waals surface area contributed by atoms with E-state index in [9.17, 15) is 4.79 Å². The van der Waals surface area contributed by atoms with Gasteiger partial charge in [-0.3, -0.25) is 4.79 Å². The molecule has 1 amide bonds. The molecule has 1 aromatic carbocycles. The second-order valence-electron chi connectivity index (χ2n) is 5.45. The van der Waals surface area contributed by atoms with E-state index in [4.69, 9.17) is 23.2 Å². The van der Waals surface area contributed by atoms with Crippen LogP contribution in [-0.2, 0) is 0 Å². The maximum atomic E-state index is 12.4. The van der Waals surface area contributed by atoms with Crippen LogP contribution in [0.2, 0.25) is 10.0 Å². The highest BCUT2D eigenvalue weighted by atomic mass is 35.5. The SMILES string of the molecule is Cc1nc(N2CCCC2)ncc1C(=O)Nc1ccc(Cl)c(Cl)c1. The van der Waals surface area contributed by atoms with Gasteiger partial charge in [-0.05, 0) is 38.0 Å². The van der Waals surface area contributed by atoms with Crippen LogP contribution in [0.5, 0.6) is 0 Å². The van der Waals surface area contributed by atoms with Gasteiger partial charge in [-0.1, -0.05) is 23.2 Å². The molecule has 5 nitrogen and oxygen atoms in total. The summed E-state index contributed by atoms with van der Waals surface area (Å²) < 4.78 is 0. The summed E-state index contributed by atoms with van der Waals surface area (Å²) in [6, 6.07) is 4.94. The zero-order valence-corrected chi connectivity index (χ0v) is 14.2. The molecule has 1 aliphatic rings. The molecule has 1 fully saturated rings. The third-order valence-corrected chi connectivity index (χ3v) is 4.52. The van der Waals surface area contributed by atoms with Gasteiger partial charge >= 0.3 is 0 Å². The normalized spacial score (nSPS) is 14.1. The summed E-state index contributed by atoms with van der Waals surface area (Å²) in [6.45, 7) is 3.74. The van der Waals surface area contributed by atoms with E-state index in [1.807, 2.05) is 6.92 Å². The van der Waals surface area contributed by atoms with E-state index in [0.29, 0.717) is 32.9 Å². The number of amides is 1. The summed E-state index contributed by atoms with van der Waals surface area (Å²) in [5.41, 5.74) is 1.67. The van der Waals surface area contributed by atoms with E-state index >= 15 is 0 Å². The molecular formula is C16H16Cl2N4O. The monoisotopic (exact) mass is 350 g/mol. The Morgan fingerprint density at radius 2 is 1.96 bits per heavy atom. The Labute approximate surface area is 144 Å². The summed E-state index contributed by atoms with van der Waals surface area (Å²) in [5, 5.41) is 3.61. The Bertz CT molecular complexity index is 745. The number of carbonyl (C=O) groups excluding carboxylic acids is 1. The second kappa shape index (κ2) is 6.72. The number of carbonyl (C=O) groups is 1. The molecule has 3 rings (SSSR count). The molecule has 120 valence electrons. The fraction of sp³-hybridized carbons (Fsp3) is 0.312. The average Bonchev–Trinajstić information content (AvgIpc) is 3.05. The average molecular weight is 351 g/mol. The van der Waals surface area contributed by atoms with E-state index in [0.717, 1.165) is 25.9 Å². The molecule has 1 N–H and O–H groups in total. The van der Waals surface area contributed by atoms with Gasteiger partial charge in [0.05, 0.1) is 21.3 Å². The minimum Gasteiger partial charge on any atom is -0.341 e. The second-order valence-corrected chi connectivity index (χ2v) is 6.26. The van der Waals surface area contributed by atoms with Crippen molar-refractivity contribution in [2.75, 3.05) is 23.3 Å². The molecule has 1 aromatic heterocycles. The van der Waals surface area contributed by atoms with Crippen LogP contribution >= 0.6 is 23.2 Å². The highest BCUT2D eigenvalue weighted by Gasteiger charge is 2.18. The Kier molecular flexibility index (Phi) is 4.68. The molecule has 0 bridgehead atoms. The van der Waals surface area contributed by atoms with Crippen molar-refractivity contribution >= 4 is 40.7 Å². The summed E-state index contributed by atoms with van der Waals surface area (Å²) in [4.78, 5) is 23.3. The minimum absolute atomic E-state index is 0.270. The first-order valence-corrected chi connectivity index (χ1v) is 8.15. The minimum atomic E-state index is -0.270. The van der Waals surface area contributed by atoms with Crippen molar-refractivity contribution in [3.63, 3.8) is 0 Å². The van der Waals surface area contributed by atoms with E-state index in [2.05, 4.69) is 20.2 Å². The van der Waals surface area contributed by atoms with Crippen molar-refractivity contribution < 1.29 is 4.79 Å². The fourth-order valence-electron chi connectivity index (χ4n) is 2.52. The van der Waals surface area contributed by atoms with Crippen LogP contribution in [0.25, 0.3) is 0 Å². The summed E-state index contributed by atoms with van der Waals surface area (Å²) in [6.07, 6.45) is 3.88. The molecule has 2 aromatic rings. The topological polar surface area (TPSA) is 58.1 Å². The number of hydrogen-bond donors (Lipinski definition) is 1. The Hall–Kier alpha value is -1.85. The number of halogens is 2. The maximum Gasteiger partial charge on any atom is 0.259 e. The van der Waals surface area contributed by atoms with Crippen LogP contribution in [0.4, 0.5) is 11.6 Å². The van der Waals surface area contributed by atoms with Crippen LogP contribution in [0, 0.1) is 6.92 Å². The smallest absolute Gasteiger partial charge is 0.259 e. The Balaban J connectivity index is 1.77. The zero-order valence-electron chi connectivity index (χ0n) is 12.6. The Morgan fingerprint density at radius 1 is 1.22 bits per heavy atom. The van der Waals surface area contributed by atoms with Gasteiger partial charge in [0.15, 0.2) is 0 Å². The lowest BCUT2D eigenvalue weighted by molar-refractivity contribution is 0.102. The predicted octanol–water partition coefficient (Wildman–Crippen LogP) is 3.94. The lowest BCUT2D eigenvalue weighted by atomic mass is 10.2. The number of nitrogens with zero attached hydrogens (tertiary/aromatic N) is 3. The highest BCUT2D eigenvalue weighted by Crippen LogP contribution is 2.25. The summed E-state index contributed by atoms with van der Waals surface area (Å²) in [5.74, 6) is 0.417. The number of aryl methyl sites for hydroxylation is 1. The molecular weight excluding hydrogens is 335 g/mol. The molecule has 7 heteroatoms. The first-order chi connectivity index (χ1) is 11.0. The lowest BCUT2D eigenvalue weighted by Crippen LogP contribution is -2.22. The van der Waals surface area contributed by atoms with Crippen LogP contribution in [0.15, 0.2) is 24.4 Å². The zero-order chi connectivity index (χ0) is 16.4. The van der Waals surface area contributed by atoms with E-state index < -0.39 is 0 Å². The van der Waals surface area contributed by atoms with Gasteiger partial charge < -0.3 is 10.2 Å². The quantitative estimate of drug-likeness (QED) is 0.910. The maximum absolute atomic E-state index is 12.4. The predicted molar refractivity (Wildman–Crippen MR) is 92.6 cm³/mol. The molecule has 0 atom stereocenters. The standard InChI is InChI=1S/C16H16Cl2N4O/c1-10-12(9-19-16(20-10)22-6-2-3-7-22)15(23)21-11-4-5-13(17)14(18)8-11/h4-5,8-9H,2-3,6-7H2,1H3,(H,21,23). The van der Waals surface area contributed by atoms with Crippen LogP contribution in [0.3, 0.4) is 0 Å². The summed E-state index contributed by atoms with van der Waals surface area (Å²) >= 11 is 11.8. The van der Waals surface area contributed by atoms with E-state index in [1.54, 1.807) is 24.4 Å². The number of rotatable bonds is 3. The van der Waals surface area contributed by atoms with Crippen LogP contribution in [0.1, 0.15) is 28.9 Å². The van der Waals surface area contributed by atoms with Gasteiger partial charge in [0.1, 0.15) is 0 Å². The van der Waals surface area contributed by atoms with Gasteiger partial charge in [-0.15, -0.1) is 0 Å². The van der Waals surface area contributed by atoms with Crippen molar-refractivity contribution in [3.05, 3.63) is 45.7 Å². The molecule has 0 saturated carbocycles. The van der Waals surface area contributed by atoms with E-state index in [1.165, 1.54) is 0 Å². The van der Waals surface area contributed by atoms with Crippen molar-refractivity contribution in [3.8, 4) is 0 Å². The third-order valence-electron chi connectivity index (χ3n) is 3.78.